The van der Waals surface area contributed by atoms with Gasteiger partial charge in [0.1, 0.15) is 17.2 Å². The van der Waals surface area contributed by atoms with Crippen LogP contribution in [0.2, 0.25) is 10.0 Å². The van der Waals surface area contributed by atoms with E-state index in [2.05, 4.69) is 9.97 Å². The Morgan fingerprint density at radius 3 is 2.58 bits per heavy atom. The summed E-state index contributed by atoms with van der Waals surface area (Å²) >= 11 is 12.3. The van der Waals surface area contributed by atoms with Crippen LogP contribution in [0.25, 0.3) is 0 Å². The third kappa shape index (κ3) is 2.74. The van der Waals surface area contributed by atoms with E-state index < -0.39 is 0 Å². The van der Waals surface area contributed by atoms with Crippen LogP contribution < -0.4 is 10.6 Å². The molecule has 0 saturated carbocycles. The van der Waals surface area contributed by atoms with Gasteiger partial charge in [0.15, 0.2) is 5.82 Å². The van der Waals surface area contributed by atoms with E-state index in [1.165, 1.54) is 6.33 Å². The maximum atomic E-state index is 6.20. The summed E-state index contributed by atoms with van der Waals surface area (Å²) in [6, 6.07) is 7.69. The summed E-state index contributed by atoms with van der Waals surface area (Å²) in [6.07, 6.45) is 1.40. The smallest absolute Gasteiger partial charge is 0.153 e. The summed E-state index contributed by atoms with van der Waals surface area (Å²) in [4.78, 5) is 9.95. The predicted molar refractivity (Wildman–Crippen MR) is 79.7 cm³/mol. The van der Waals surface area contributed by atoms with Gasteiger partial charge in [-0.3, -0.25) is 0 Å². The molecule has 1 atom stereocenters. The van der Waals surface area contributed by atoms with Crippen molar-refractivity contribution < 1.29 is 0 Å². The molecule has 2 N–H and O–H groups in total. The number of anilines is 2. The largest absolute Gasteiger partial charge is 0.382 e. The van der Waals surface area contributed by atoms with Crippen LogP contribution >= 0.6 is 23.2 Å². The molecule has 1 aromatic heterocycles. The van der Waals surface area contributed by atoms with Gasteiger partial charge in [-0.1, -0.05) is 41.4 Å². The lowest BCUT2D eigenvalue weighted by atomic mass is 10.1. The van der Waals surface area contributed by atoms with E-state index in [1.54, 1.807) is 0 Å². The molecular formula is C13H14Cl2N4. The first-order chi connectivity index (χ1) is 9.02. The normalized spacial score (nSPS) is 12.2. The van der Waals surface area contributed by atoms with Gasteiger partial charge in [-0.25, -0.2) is 9.97 Å². The van der Waals surface area contributed by atoms with Gasteiger partial charge in [-0.15, -0.1) is 0 Å². The average Bonchev–Trinajstić information content (AvgIpc) is 2.41. The van der Waals surface area contributed by atoms with Crippen molar-refractivity contribution in [3.05, 3.63) is 46.2 Å². The van der Waals surface area contributed by atoms with Crippen molar-refractivity contribution in [3.63, 3.8) is 0 Å². The SMILES string of the molecule is CC(c1ccccc1Cl)N(C)c1ncnc(N)c1Cl. The molecule has 2 rings (SSSR count). The number of hydrogen-bond acceptors (Lipinski definition) is 4. The Balaban J connectivity index is 2.37. The number of nitrogens with two attached hydrogens (primary N) is 1. The molecule has 0 saturated heterocycles. The number of rotatable bonds is 3. The third-order valence-corrected chi connectivity index (χ3v) is 3.78. The highest BCUT2D eigenvalue weighted by Gasteiger charge is 2.19. The van der Waals surface area contributed by atoms with Gasteiger partial charge in [0.05, 0.1) is 6.04 Å². The Bertz CT molecular complexity index is 589. The molecule has 0 bridgehead atoms. The Morgan fingerprint density at radius 1 is 1.21 bits per heavy atom. The second kappa shape index (κ2) is 5.63. The maximum Gasteiger partial charge on any atom is 0.153 e. The molecule has 0 fully saturated rings. The van der Waals surface area contributed by atoms with Crippen molar-refractivity contribution in [3.8, 4) is 0 Å². The standard InChI is InChI=1S/C13H14Cl2N4/c1-8(9-5-3-4-6-10(9)14)19(2)13-11(15)12(16)17-7-18-13/h3-8H,1-2H3,(H2,16,17,18). The number of hydrogen-bond donors (Lipinski definition) is 1. The fourth-order valence-corrected chi connectivity index (χ4v) is 2.35. The quantitative estimate of drug-likeness (QED) is 0.941. The molecule has 1 aromatic carbocycles. The fourth-order valence-electron chi connectivity index (χ4n) is 1.83. The van der Waals surface area contributed by atoms with Gasteiger partial charge in [0, 0.05) is 12.1 Å². The first-order valence-corrected chi connectivity index (χ1v) is 6.51. The van der Waals surface area contributed by atoms with Gasteiger partial charge in [-0.2, -0.15) is 0 Å². The first kappa shape index (κ1) is 13.9. The molecule has 4 nitrogen and oxygen atoms in total. The van der Waals surface area contributed by atoms with E-state index in [4.69, 9.17) is 28.9 Å². The molecule has 0 aliphatic rings. The molecule has 100 valence electrons. The lowest BCUT2D eigenvalue weighted by Gasteiger charge is -2.27. The first-order valence-electron chi connectivity index (χ1n) is 5.75. The summed E-state index contributed by atoms with van der Waals surface area (Å²) in [5.41, 5.74) is 6.69. The predicted octanol–water partition coefficient (Wildman–Crippen LogP) is 3.56. The molecule has 2 aromatic rings. The molecule has 0 aliphatic carbocycles. The van der Waals surface area contributed by atoms with E-state index in [0.29, 0.717) is 15.9 Å². The number of halogens is 2. The summed E-state index contributed by atoms with van der Waals surface area (Å²) < 4.78 is 0. The minimum Gasteiger partial charge on any atom is -0.382 e. The van der Waals surface area contributed by atoms with Gasteiger partial charge < -0.3 is 10.6 Å². The Hall–Kier alpha value is -1.52. The number of nitrogens with zero attached hydrogens (tertiary/aromatic N) is 3. The molecule has 0 spiro atoms. The molecule has 1 heterocycles. The van der Waals surface area contributed by atoms with Crippen molar-refractivity contribution in [2.24, 2.45) is 0 Å². The molecule has 6 heteroatoms. The number of benzene rings is 1. The van der Waals surface area contributed by atoms with Crippen LogP contribution in [0, 0.1) is 0 Å². The fraction of sp³-hybridized carbons (Fsp3) is 0.231. The Morgan fingerprint density at radius 2 is 1.89 bits per heavy atom. The van der Waals surface area contributed by atoms with E-state index in [0.717, 1.165) is 5.56 Å². The van der Waals surface area contributed by atoms with Crippen LogP contribution in [0.4, 0.5) is 11.6 Å². The van der Waals surface area contributed by atoms with E-state index >= 15 is 0 Å². The van der Waals surface area contributed by atoms with Gasteiger partial charge >= 0.3 is 0 Å². The van der Waals surface area contributed by atoms with Crippen LogP contribution in [0.5, 0.6) is 0 Å². The summed E-state index contributed by atoms with van der Waals surface area (Å²) in [7, 11) is 1.89. The number of aromatic nitrogens is 2. The zero-order valence-corrected chi connectivity index (χ0v) is 12.2. The van der Waals surface area contributed by atoms with Crippen LogP contribution in [0.15, 0.2) is 30.6 Å². The Labute approximate surface area is 122 Å². The summed E-state index contributed by atoms with van der Waals surface area (Å²) in [6.45, 7) is 2.02. The molecular weight excluding hydrogens is 283 g/mol. The molecule has 1 unspecified atom stereocenters. The monoisotopic (exact) mass is 296 g/mol. The zero-order valence-electron chi connectivity index (χ0n) is 10.6. The minimum absolute atomic E-state index is 0.0144. The molecule has 19 heavy (non-hydrogen) atoms. The number of nitrogen functional groups attached to an aromatic ring is 1. The van der Waals surface area contributed by atoms with Crippen molar-refractivity contribution >= 4 is 34.8 Å². The molecule has 0 aliphatic heterocycles. The zero-order chi connectivity index (χ0) is 14.0. The van der Waals surface area contributed by atoms with Crippen molar-refractivity contribution in [1.82, 2.24) is 9.97 Å². The summed E-state index contributed by atoms with van der Waals surface area (Å²) in [5.74, 6) is 0.853. The van der Waals surface area contributed by atoms with Crippen molar-refractivity contribution in [2.75, 3.05) is 17.7 Å². The van der Waals surface area contributed by atoms with Gasteiger partial charge in [0.2, 0.25) is 0 Å². The minimum atomic E-state index is 0.0144. The average molecular weight is 297 g/mol. The van der Waals surface area contributed by atoms with Crippen LogP contribution in [-0.4, -0.2) is 17.0 Å². The topological polar surface area (TPSA) is 55.0 Å². The second-order valence-corrected chi connectivity index (χ2v) is 4.99. The van der Waals surface area contributed by atoms with Crippen molar-refractivity contribution in [1.29, 1.82) is 0 Å². The van der Waals surface area contributed by atoms with Crippen LogP contribution in [0.3, 0.4) is 0 Å². The molecule has 0 amide bonds. The maximum absolute atomic E-state index is 6.20. The van der Waals surface area contributed by atoms with Gasteiger partial charge in [-0.05, 0) is 18.6 Å². The van der Waals surface area contributed by atoms with Crippen molar-refractivity contribution in [2.45, 2.75) is 13.0 Å². The second-order valence-electron chi connectivity index (χ2n) is 4.20. The van der Waals surface area contributed by atoms with Crippen LogP contribution in [0.1, 0.15) is 18.5 Å². The van der Waals surface area contributed by atoms with E-state index in [9.17, 15) is 0 Å². The highest BCUT2D eigenvalue weighted by Crippen LogP contribution is 2.33. The van der Waals surface area contributed by atoms with E-state index in [1.807, 2.05) is 43.1 Å². The Kier molecular flexibility index (Phi) is 4.12. The lowest BCUT2D eigenvalue weighted by molar-refractivity contribution is 0.728. The highest BCUT2D eigenvalue weighted by atomic mass is 35.5. The van der Waals surface area contributed by atoms with Gasteiger partial charge in [0.25, 0.3) is 0 Å². The molecule has 0 radical (unpaired) electrons. The third-order valence-electron chi connectivity index (χ3n) is 3.07. The highest BCUT2D eigenvalue weighted by molar-refractivity contribution is 6.35. The lowest BCUT2D eigenvalue weighted by Crippen LogP contribution is -2.23. The van der Waals surface area contributed by atoms with E-state index in [-0.39, 0.29) is 11.9 Å². The van der Waals surface area contributed by atoms with Crippen LogP contribution in [-0.2, 0) is 0 Å². The summed E-state index contributed by atoms with van der Waals surface area (Å²) in [5, 5.41) is 1.06.